The Morgan fingerprint density at radius 1 is 1.38 bits per heavy atom. The van der Waals surface area contributed by atoms with Gasteiger partial charge in [-0.1, -0.05) is 0 Å². The Kier molecular flexibility index (Phi) is 5.34. The summed E-state index contributed by atoms with van der Waals surface area (Å²) in [6.07, 6.45) is -2.83. The molecule has 0 spiro atoms. The van der Waals surface area contributed by atoms with Gasteiger partial charge in [0, 0.05) is 6.54 Å². The molecule has 0 saturated carbocycles. The lowest BCUT2D eigenvalue weighted by molar-refractivity contribution is -0.115. The lowest BCUT2D eigenvalue weighted by atomic mass is 10.4. The van der Waals surface area contributed by atoms with Crippen LogP contribution in [0.2, 0.25) is 0 Å². The number of alkyl halides is 3. The van der Waals surface area contributed by atoms with Gasteiger partial charge in [0.05, 0.1) is 19.3 Å². The number of fused-ring (bicyclic) bond motifs is 1. The van der Waals surface area contributed by atoms with E-state index in [2.05, 4.69) is 20.3 Å². The zero-order valence-corrected chi connectivity index (χ0v) is 14.1. The zero-order chi connectivity index (χ0) is 18.0. The second-order valence-corrected chi connectivity index (χ2v) is 9.03. The van der Waals surface area contributed by atoms with Gasteiger partial charge in [0.25, 0.3) is 0 Å². The molecular weight excluding hydrogens is 348 g/mol. The first-order valence-corrected chi connectivity index (χ1v) is 9.74. The van der Waals surface area contributed by atoms with E-state index in [-0.39, 0.29) is 30.2 Å². The largest absolute Gasteiger partial charge is 0.405 e. The van der Waals surface area contributed by atoms with Gasteiger partial charge in [0.1, 0.15) is 13.7 Å². The normalized spacial score (nSPS) is 12.7. The van der Waals surface area contributed by atoms with Gasteiger partial charge in [0.2, 0.25) is 5.95 Å². The van der Waals surface area contributed by atoms with Crippen molar-refractivity contribution in [2.75, 3.05) is 43.9 Å². The number of imidazole rings is 1. The molecule has 0 saturated heterocycles. The minimum absolute atomic E-state index is 0.0823. The molecule has 8 nitrogen and oxygen atoms in total. The van der Waals surface area contributed by atoms with E-state index in [1.807, 2.05) is 0 Å². The Labute approximate surface area is 136 Å². The fourth-order valence-electron chi connectivity index (χ4n) is 1.88. The maximum absolute atomic E-state index is 12.3. The summed E-state index contributed by atoms with van der Waals surface area (Å²) in [4.78, 5) is 11.8. The second kappa shape index (κ2) is 6.94. The van der Waals surface area contributed by atoms with Crippen LogP contribution in [-0.4, -0.2) is 58.5 Å². The van der Waals surface area contributed by atoms with Crippen LogP contribution < -0.4 is 11.1 Å². The number of nitrogen functional groups attached to an aromatic ring is 1. The average Bonchev–Trinajstić information content (AvgIpc) is 2.82. The van der Waals surface area contributed by atoms with Gasteiger partial charge in [-0.25, -0.2) is 4.98 Å². The first-order valence-electron chi connectivity index (χ1n) is 6.96. The minimum atomic E-state index is -4.39. The highest BCUT2D eigenvalue weighted by molar-refractivity contribution is 7.62. The van der Waals surface area contributed by atoms with Crippen LogP contribution in [-0.2, 0) is 15.8 Å². The van der Waals surface area contributed by atoms with Crippen LogP contribution in [0.1, 0.15) is 0 Å². The molecule has 0 aliphatic carbocycles. The first-order chi connectivity index (χ1) is 11.1. The number of rotatable bonds is 7. The van der Waals surface area contributed by atoms with E-state index in [4.69, 9.17) is 10.5 Å². The van der Waals surface area contributed by atoms with Crippen LogP contribution in [0.3, 0.4) is 0 Å². The fourth-order valence-corrected chi connectivity index (χ4v) is 2.45. The standard InChI is InChI=1S/C12H18F3N6O2P/c1-24(2,22)7-23-4-3-21-6-18-8-9(17-5-12(13,14)15)19-11(16)20-10(8)21/h6H,3-5,7H2,1-2H3,(H3,16,17,19,20). The molecular formula is C12H18F3N6O2P. The van der Waals surface area contributed by atoms with E-state index in [0.29, 0.717) is 12.2 Å². The van der Waals surface area contributed by atoms with Crippen molar-refractivity contribution in [3.05, 3.63) is 6.33 Å². The number of nitrogens with zero attached hydrogens (tertiary/aromatic N) is 4. The summed E-state index contributed by atoms with van der Waals surface area (Å²) in [5, 5.41) is 2.17. The highest BCUT2D eigenvalue weighted by atomic mass is 31.2. The molecule has 0 fully saturated rings. The zero-order valence-electron chi connectivity index (χ0n) is 13.2. The van der Waals surface area contributed by atoms with Crippen LogP contribution in [0.15, 0.2) is 6.33 Å². The number of nitrogens with one attached hydrogen (secondary N) is 1. The molecule has 0 aliphatic rings. The van der Waals surface area contributed by atoms with Gasteiger partial charge in [-0.05, 0) is 13.3 Å². The Bertz CT molecular complexity index is 757. The predicted octanol–water partition coefficient (Wildman–Crippen LogP) is 1.98. The molecule has 0 unspecified atom stereocenters. The van der Waals surface area contributed by atoms with Crippen LogP contribution >= 0.6 is 7.14 Å². The summed E-state index contributed by atoms with van der Waals surface area (Å²) in [7, 11) is -2.27. The summed E-state index contributed by atoms with van der Waals surface area (Å²) < 4.78 is 55.5. The molecule has 2 aromatic heterocycles. The molecule has 24 heavy (non-hydrogen) atoms. The first kappa shape index (κ1) is 18.5. The number of anilines is 2. The second-order valence-electron chi connectivity index (χ2n) is 5.62. The lowest BCUT2D eigenvalue weighted by Gasteiger charge is -2.10. The maximum Gasteiger partial charge on any atom is 0.405 e. The third-order valence-corrected chi connectivity index (χ3v) is 3.62. The summed E-state index contributed by atoms with van der Waals surface area (Å²) in [5.74, 6) is -0.248. The van der Waals surface area contributed by atoms with E-state index >= 15 is 0 Å². The summed E-state index contributed by atoms with van der Waals surface area (Å²) in [6, 6.07) is 0. The molecule has 3 N–H and O–H groups in total. The van der Waals surface area contributed by atoms with Crippen molar-refractivity contribution < 1.29 is 22.5 Å². The molecule has 0 radical (unpaired) electrons. The molecule has 0 atom stereocenters. The van der Waals surface area contributed by atoms with Gasteiger partial charge in [0.15, 0.2) is 17.0 Å². The lowest BCUT2D eigenvalue weighted by Crippen LogP contribution is -2.22. The third-order valence-electron chi connectivity index (χ3n) is 2.82. The van der Waals surface area contributed by atoms with Gasteiger partial charge in [-0.15, -0.1) is 0 Å². The van der Waals surface area contributed by atoms with Crippen molar-refractivity contribution >= 4 is 30.1 Å². The fraction of sp³-hybridized carbons (Fsp3) is 0.583. The van der Waals surface area contributed by atoms with Crippen molar-refractivity contribution in [2.24, 2.45) is 0 Å². The molecule has 2 aromatic rings. The van der Waals surface area contributed by atoms with E-state index in [0.717, 1.165) is 0 Å². The monoisotopic (exact) mass is 366 g/mol. The van der Waals surface area contributed by atoms with Crippen LogP contribution in [0, 0.1) is 0 Å². The molecule has 2 heterocycles. The molecule has 0 bridgehead atoms. The van der Waals surface area contributed by atoms with E-state index < -0.39 is 19.9 Å². The Morgan fingerprint density at radius 2 is 2.08 bits per heavy atom. The van der Waals surface area contributed by atoms with Gasteiger partial charge < -0.3 is 24.9 Å². The number of ether oxygens (including phenoxy) is 1. The van der Waals surface area contributed by atoms with Crippen molar-refractivity contribution in [3.8, 4) is 0 Å². The Morgan fingerprint density at radius 3 is 2.71 bits per heavy atom. The summed E-state index contributed by atoms with van der Waals surface area (Å²) >= 11 is 0. The quantitative estimate of drug-likeness (QED) is 0.570. The Hall–Kier alpha value is -1.87. The molecule has 12 heteroatoms. The molecule has 0 aromatic carbocycles. The number of hydrogen-bond acceptors (Lipinski definition) is 7. The van der Waals surface area contributed by atoms with Gasteiger partial charge in [-0.2, -0.15) is 23.1 Å². The smallest absolute Gasteiger partial charge is 0.372 e. The minimum Gasteiger partial charge on any atom is -0.372 e. The third kappa shape index (κ3) is 5.34. The van der Waals surface area contributed by atoms with E-state index in [1.54, 1.807) is 17.9 Å². The van der Waals surface area contributed by atoms with Crippen LogP contribution in [0.4, 0.5) is 24.9 Å². The maximum atomic E-state index is 12.3. The molecule has 0 amide bonds. The summed E-state index contributed by atoms with van der Waals surface area (Å²) in [5.41, 5.74) is 6.03. The highest BCUT2D eigenvalue weighted by Gasteiger charge is 2.27. The van der Waals surface area contributed by atoms with Crippen LogP contribution in [0.25, 0.3) is 11.2 Å². The highest BCUT2D eigenvalue weighted by Crippen LogP contribution is 2.35. The molecule has 0 aliphatic heterocycles. The number of hydrogen-bond donors (Lipinski definition) is 2. The van der Waals surface area contributed by atoms with Gasteiger partial charge in [-0.3, -0.25) is 0 Å². The molecule has 134 valence electrons. The number of halogens is 3. The van der Waals surface area contributed by atoms with Crippen LogP contribution in [0.5, 0.6) is 0 Å². The molecule has 2 rings (SSSR count). The number of aromatic nitrogens is 4. The van der Waals surface area contributed by atoms with Crippen molar-refractivity contribution in [1.82, 2.24) is 19.5 Å². The SMILES string of the molecule is CP(C)(=O)COCCn1cnc2c(NCC(F)(F)F)nc(N)nc21. The van der Waals surface area contributed by atoms with Gasteiger partial charge >= 0.3 is 6.18 Å². The van der Waals surface area contributed by atoms with E-state index in [9.17, 15) is 17.7 Å². The topological polar surface area (TPSA) is 108 Å². The van der Waals surface area contributed by atoms with E-state index in [1.165, 1.54) is 6.33 Å². The number of nitrogens with two attached hydrogens (primary N) is 1. The van der Waals surface area contributed by atoms with Crippen molar-refractivity contribution in [3.63, 3.8) is 0 Å². The average molecular weight is 366 g/mol. The Balaban J connectivity index is 2.13. The predicted molar refractivity (Wildman–Crippen MR) is 84.6 cm³/mol. The van der Waals surface area contributed by atoms with Crippen molar-refractivity contribution in [1.29, 1.82) is 0 Å². The summed E-state index contributed by atoms with van der Waals surface area (Å²) in [6.45, 7) is 2.58. The van der Waals surface area contributed by atoms with Crippen molar-refractivity contribution in [2.45, 2.75) is 12.7 Å².